The first-order valence-electron chi connectivity index (χ1n) is 12.2. The van der Waals surface area contributed by atoms with Gasteiger partial charge in [0.2, 0.25) is 5.91 Å². The van der Waals surface area contributed by atoms with Crippen LogP contribution >= 0.6 is 11.3 Å². The van der Waals surface area contributed by atoms with Gasteiger partial charge in [0.25, 0.3) is 0 Å². The molecule has 0 bridgehead atoms. The zero-order chi connectivity index (χ0) is 24.4. The van der Waals surface area contributed by atoms with E-state index < -0.39 is 0 Å². The van der Waals surface area contributed by atoms with Gasteiger partial charge in [-0.15, -0.1) is 11.3 Å². The summed E-state index contributed by atoms with van der Waals surface area (Å²) in [5, 5.41) is 5.06. The van der Waals surface area contributed by atoms with E-state index in [0.29, 0.717) is 13.2 Å². The van der Waals surface area contributed by atoms with E-state index in [0.717, 1.165) is 47.4 Å². The highest BCUT2D eigenvalue weighted by Crippen LogP contribution is 2.35. The largest absolute Gasteiger partial charge is 0.491 e. The first-order chi connectivity index (χ1) is 17.0. The fraction of sp³-hybridized carbons (Fsp3) is 0.357. The number of nitrogens with zero attached hydrogens (tertiary/aromatic N) is 2. The SMILES string of the molecule is Cc1ccc(NC(=O)N(CC(=O)N2CCc3sccc3[C@@H]2COc2ccccc2C)C2CC2)cc1. The summed E-state index contributed by atoms with van der Waals surface area (Å²) in [6.45, 7) is 5.13. The number of ether oxygens (including phenoxy) is 1. The molecule has 1 atom stereocenters. The number of carbonyl (C=O) groups is 2. The van der Waals surface area contributed by atoms with Crippen molar-refractivity contribution in [1.82, 2.24) is 9.80 Å². The highest BCUT2D eigenvalue weighted by Gasteiger charge is 2.38. The van der Waals surface area contributed by atoms with Crippen molar-refractivity contribution in [3.8, 4) is 5.75 Å². The molecule has 5 rings (SSSR count). The highest BCUT2D eigenvalue weighted by molar-refractivity contribution is 7.10. The van der Waals surface area contributed by atoms with Crippen molar-refractivity contribution in [3.05, 3.63) is 81.5 Å². The number of thiophene rings is 1. The van der Waals surface area contributed by atoms with Crippen LogP contribution in [0.15, 0.2) is 60.0 Å². The Labute approximate surface area is 210 Å². The molecule has 6 nitrogen and oxygen atoms in total. The molecule has 182 valence electrons. The van der Waals surface area contributed by atoms with Gasteiger partial charge in [-0.25, -0.2) is 4.79 Å². The van der Waals surface area contributed by atoms with Gasteiger partial charge in [-0.2, -0.15) is 0 Å². The summed E-state index contributed by atoms with van der Waals surface area (Å²) >= 11 is 1.74. The van der Waals surface area contributed by atoms with E-state index in [1.165, 1.54) is 4.88 Å². The van der Waals surface area contributed by atoms with E-state index in [9.17, 15) is 9.59 Å². The lowest BCUT2D eigenvalue weighted by Gasteiger charge is -2.37. The van der Waals surface area contributed by atoms with E-state index in [4.69, 9.17) is 4.74 Å². The minimum Gasteiger partial charge on any atom is -0.491 e. The van der Waals surface area contributed by atoms with Crippen molar-refractivity contribution in [2.75, 3.05) is 25.0 Å². The minimum atomic E-state index is -0.217. The summed E-state index contributed by atoms with van der Waals surface area (Å²) in [5.41, 5.74) is 4.10. The molecule has 0 spiro atoms. The lowest BCUT2D eigenvalue weighted by atomic mass is 10.0. The number of para-hydroxylation sites is 1. The molecule has 0 saturated heterocycles. The topological polar surface area (TPSA) is 61.9 Å². The number of nitrogens with one attached hydrogen (secondary N) is 1. The second kappa shape index (κ2) is 10.1. The molecule has 1 aromatic heterocycles. The average Bonchev–Trinajstić information content (AvgIpc) is 3.58. The van der Waals surface area contributed by atoms with Crippen molar-refractivity contribution in [2.24, 2.45) is 0 Å². The Balaban J connectivity index is 1.30. The maximum absolute atomic E-state index is 13.6. The van der Waals surface area contributed by atoms with Gasteiger partial charge in [0.15, 0.2) is 0 Å². The van der Waals surface area contributed by atoms with Crippen LogP contribution in [0.5, 0.6) is 5.75 Å². The fourth-order valence-corrected chi connectivity index (χ4v) is 5.51. The number of rotatable bonds is 7. The molecule has 3 aromatic rings. The number of fused-ring (bicyclic) bond motifs is 1. The van der Waals surface area contributed by atoms with Crippen LogP contribution in [0.1, 0.15) is 40.5 Å². The van der Waals surface area contributed by atoms with Gasteiger partial charge in [0, 0.05) is 23.2 Å². The van der Waals surface area contributed by atoms with E-state index in [1.54, 1.807) is 16.2 Å². The van der Waals surface area contributed by atoms with Crippen LogP contribution in [-0.4, -0.2) is 47.5 Å². The molecular weight excluding hydrogens is 458 g/mol. The van der Waals surface area contributed by atoms with Gasteiger partial charge in [-0.1, -0.05) is 35.9 Å². The first-order valence-corrected chi connectivity index (χ1v) is 13.1. The number of hydrogen-bond donors (Lipinski definition) is 1. The summed E-state index contributed by atoms with van der Waals surface area (Å²) in [7, 11) is 0. The molecule has 1 saturated carbocycles. The molecule has 0 radical (unpaired) electrons. The van der Waals surface area contributed by atoms with Gasteiger partial charge in [-0.3, -0.25) is 4.79 Å². The van der Waals surface area contributed by atoms with Crippen LogP contribution in [-0.2, 0) is 11.2 Å². The number of hydrogen-bond acceptors (Lipinski definition) is 4. The van der Waals surface area contributed by atoms with Crippen LogP contribution in [0.3, 0.4) is 0 Å². The van der Waals surface area contributed by atoms with Crippen LogP contribution < -0.4 is 10.1 Å². The second-order valence-corrected chi connectivity index (χ2v) is 10.4. The van der Waals surface area contributed by atoms with Crippen molar-refractivity contribution in [3.63, 3.8) is 0 Å². The second-order valence-electron chi connectivity index (χ2n) is 9.38. The Kier molecular flexibility index (Phi) is 6.77. The van der Waals surface area contributed by atoms with Crippen molar-refractivity contribution < 1.29 is 14.3 Å². The maximum Gasteiger partial charge on any atom is 0.322 e. The molecule has 1 aliphatic carbocycles. The third kappa shape index (κ3) is 5.35. The highest BCUT2D eigenvalue weighted by atomic mass is 32.1. The summed E-state index contributed by atoms with van der Waals surface area (Å²) in [6, 6.07) is 17.5. The number of aryl methyl sites for hydroxylation is 2. The summed E-state index contributed by atoms with van der Waals surface area (Å²) in [5.74, 6) is 0.797. The van der Waals surface area contributed by atoms with E-state index in [2.05, 4.69) is 16.8 Å². The van der Waals surface area contributed by atoms with Gasteiger partial charge >= 0.3 is 6.03 Å². The number of benzene rings is 2. The standard InChI is InChI=1S/C28H31N3O3S/c1-19-7-9-21(10-8-19)29-28(33)31(22-11-12-22)17-27(32)30-15-13-26-23(14-16-35-26)24(30)18-34-25-6-4-3-5-20(25)2/h3-10,14,16,22,24H,11-13,15,17-18H2,1-2H3,(H,29,33)/t24-/m0/s1. The predicted molar refractivity (Wildman–Crippen MR) is 139 cm³/mol. The Morgan fingerprint density at radius 2 is 1.86 bits per heavy atom. The lowest BCUT2D eigenvalue weighted by Crippen LogP contribution is -2.49. The van der Waals surface area contributed by atoms with Crippen molar-refractivity contribution >= 4 is 29.0 Å². The molecule has 2 heterocycles. The number of anilines is 1. The normalized spacial score (nSPS) is 17.0. The fourth-order valence-electron chi connectivity index (χ4n) is 4.58. The molecule has 2 aliphatic rings. The molecule has 0 unspecified atom stereocenters. The molecular formula is C28H31N3O3S. The minimum absolute atomic E-state index is 0.0359. The zero-order valence-corrected chi connectivity index (χ0v) is 21.0. The number of carbonyl (C=O) groups excluding carboxylic acids is 2. The lowest BCUT2D eigenvalue weighted by molar-refractivity contribution is -0.135. The molecule has 1 N–H and O–H groups in total. The van der Waals surface area contributed by atoms with E-state index in [1.807, 2.05) is 67.3 Å². The molecule has 1 fully saturated rings. The quantitative estimate of drug-likeness (QED) is 0.472. The molecule has 35 heavy (non-hydrogen) atoms. The first kappa shape index (κ1) is 23.4. The van der Waals surface area contributed by atoms with Gasteiger partial charge in [-0.05, 0) is 73.9 Å². The summed E-state index contributed by atoms with van der Waals surface area (Å²) in [6.07, 6.45) is 2.70. The smallest absolute Gasteiger partial charge is 0.322 e. The number of amides is 3. The van der Waals surface area contributed by atoms with Crippen LogP contribution in [0.25, 0.3) is 0 Å². The maximum atomic E-state index is 13.6. The van der Waals surface area contributed by atoms with E-state index in [-0.39, 0.29) is 30.6 Å². The van der Waals surface area contributed by atoms with Crippen molar-refractivity contribution in [1.29, 1.82) is 0 Å². The Bertz CT molecular complexity index is 1200. The van der Waals surface area contributed by atoms with Crippen LogP contribution in [0.4, 0.5) is 10.5 Å². The van der Waals surface area contributed by atoms with Gasteiger partial charge in [0.05, 0.1) is 6.04 Å². The third-order valence-corrected chi connectivity index (χ3v) is 7.76. The summed E-state index contributed by atoms with van der Waals surface area (Å²) < 4.78 is 6.20. The molecule has 2 aromatic carbocycles. The summed E-state index contributed by atoms with van der Waals surface area (Å²) in [4.78, 5) is 31.6. The predicted octanol–water partition coefficient (Wildman–Crippen LogP) is 5.57. The molecule has 1 aliphatic heterocycles. The zero-order valence-electron chi connectivity index (χ0n) is 20.2. The Morgan fingerprint density at radius 3 is 2.60 bits per heavy atom. The van der Waals surface area contributed by atoms with E-state index >= 15 is 0 Å². The Hall–Kier alpha value is -3.32. The Morgan fingerprint density at radius 1 is 1.09 bits per heavy atom. The third-order valence-electron chi connectivity index (χ3n) is 6.76. The molecule has 7 heteroatoms. The molecule has 3 amide bonds. The van der Waals surface area contributed by atoms with Crippen molar-refractivity contribution in [2.45, 2.75) is 45.2 Å². The number of urea groups is 1. The average molecular weight is 490 g/mol. The van der Waals surface area contributed by atoms with Gasteiger partial charge < -0.3 is 19.9 Å². The van der Waals surface area contributed by atoms with Crippen LogP contribution in [0, 0.1) is 13.8 Å². The van der Waals surface area contributed by atoms with Crippen LogP contribution in [0.2, 0.25) is 0 Å². The monoisotopic (exact) mass is 489 g/mol. The van der Waals surface area contributed by atoms with Gasteiger partial charge in [0.1, 0.15) is 18.9 Å².